The van der Waals surface area contributed by atoms with E-state index in [2.05, 4.69) is 58.7 Å². The van der Waals surface area contributed by atoms with Crippen molar-refractivity contribution in [3.63, 3.8) is 0 Å². The molecule has 0 bridgehead atoms. The van der Waals surface area contributed by atoms with Gasteiger partial charge in [-0.05, 0) is 222 Å². The molecule has 3 aliphatic heterocycles. The Hall–Kier alpha value is -6.05. The number of rotatable bonds is 22. The fourth-order valence-corrected chi connectivity index (χ4v) is 18.1. The summed E-state index contributed by atoms with van der Waals surface area (Å²) >= 11 is 19.7. The number of fused-ring (bicyclic) bond motifs is 3. The second-order valence-electron chi connectivity index (χ2n) is 24.4. The molecule has 3 aromatic heterocycles. The van der Waals surface area contributed by atoms with Crippen LogP contribution in [0, 0.1) is 0 Å². The van der Waals surface area contributed by atoms with E-state index in [-0.39, 0.29) is 27.8 Å². The van der Waals surface area contributed by atoms with Gasteiger partial charge in [-0.2, -0.15) is 0 Å². The molecule has 0 atom stereocenters. The summed E-state index contributed by atoms with van der Waals surface area (Å²) in [6.45, 7) is 16.2. The molecular weight excluding hydrogens is 1280 g/mol. The Morgan fingerprint density at radius 1 is 0.424 bits per heavy atom. The number of hydrogen-bond acceptors (Lipinski definition) is 11. The third kappa shape index (κ3) is 17.3. The Balaban J connectivity index is 0.000000151. The second kappa shape index (κ2) is 31.9. The van der Waals surface area contributed by atoms with Crippen molar-refractivity contribution < 1.29 is 31.2 Å². The number of halogens is 3. The standard InChI is InChI=1S/C25H29ClN2O3S.C24H27ClN2O3S.C24H27ClN2OS/c1-2-25(29)23-18-28(24-7-4-3-6-22(23)24)15-5-14-27-16-12-21(13-17-27)32(30,31)20-10-8-19(26)9-11-20;1-18(28)23-17-27(24-6-3-2-5-22(23)24)14-4-13-26-15-11-21(12-16-26)31(29,30)20-9-7-19(25)8-10-20;1-18(28)23-17-27(24-6-3-2-5-22(23)24)14-4-13-26-15-11-21(12-16-26)29-20-9-7-19(25)8-10-20/h3-4,6-11,18,21H,2,5,12-17H2,1H3;2-3,5-10,17,21H,4,11-16H2,1H3;2-3,5-10,17,21H,4,11-16H2,1H3. The van der Waals surface area contributed by atoms with Crippen LogP contribution in [0.4, 0.5) is 0 Å². The summed E-state index contributed by atoms with van der Waals surface area (Å²) in [6.07, 6.45) is 14.5. The number of Topliss-reactive ketones (excluding diaryl/α,β-unsaturated/α-hetero) is 3. The molecule has 0 radical (unpaired) electrons. The van der Waals surface area contributed by atoms with Crippen LogP contribution in [-0.4, -0.2) is 137 Å². The van der Waals surface area contributed by atoms with Gasteiger partial charge >= 0.3 is 0 Å². The molecule has 0 aliphatic carbocycles. The number of likely N-dealkylation sites (tertiary alicyclic amines) is 3. The zero-order valence-electron chi connectivity index (χ0n) is 52.8. The number of aryl methyl sites for hydroxylation is 3. The Labute approximate surface area is 561 Å². The van der Waals surface area contributed by atoms with Crippen LogP contribution in [0.2, 0.25) is 15.1 Å². The summed E-state index contributed by atoms with van der Waals surface area (Å²) in [5.74, 6) is 0.392. The molecule has 3 fully saturated rings. The van der Waals surface area contributed by atoms with Gasteiger partial charge in [-0.1, -0.05) is 96.3 Å². The molecule has 3 saturated heterocycles. The van der Waals surface area contributed by atoms with Crippen molar-refractivity contribution in [2.24, 2.45) is 0 Å². The predicted octanol–water partition coefficient (Wildman–Crippen LogP) is 16.2. The molecule has 19 heteroatoms. The molecule has 12 rings (SSSR count). The maximum Gasteiger partial charge on any atom is 0.181 e. The number of hydrogen-bond donors (Lipinski definition) is 0. The first-order valence-electron chi connectivity index (χ1n) is 32.2. The molecule has 0 amide bonds. The maximum atomic E-state index is 12.9. The Morgan fingerprint density at radius 2 is 0.739 bits per heavy atom. The van der Waals surface area contributed by atoms with E-state index in [4.69, 9.17) is 34.8 Å². The molecule has 0 unspecified atom stereocenters. The summed E-state index contributed by atoms with van der Waals surface area (Å²) in [4.78, 5) is 45.5. The Bertz CT molecular complexity index is 4200. The third-order valence-corrected chi connectivity index (χ3v) is 24.9. The van der Waals surface area contributed by atoms with Crippen LogP contribution < -0.4 is 0 Å². The summed E-state index contributed by atoms with van der Waals surface area (Å²) in [6, 6.07) is 45.4. The van der Waals surface area contributed by atoms with Crippen LogP contribution in [-0.2, 0) is 39.3 Å². The number of piperidine rings is 3. The smallest absolute Gasteiger partial charge is 0.181 e. The van der Waals surface area contributed by atoms with Crippen LogP contribution in [0.25, 0.3) is 32.7 Å². The number of carbonyl (C=O) groups is 3. The lowest BCUT2D eigenvalue weighted by Gasteiger charge is -2.31. The van der Waals surface area contributed by atoms with Gasteiger partial charge in [-0.15, -0.1) is 11.8 Å². The number of thioether (sulfide) groups is 1. The lowest BCUT2D eigenvalue weighted by molar-refractivity contribution is 0.0986. The highest BCUT2D eigenvalue weighted by Crippen LogP contribution is 2.33. The average Bonchev–Trinajstić information content (AvgIpc) is 1.74. The molecule has 486 valence electrons. The number of aromatic nitrogens is 3. The lowest BCUT2D eigenvalue weighted by Crippen LogP contribution is -2.39. The molecule has 6 aromatic carbocycles. The number of para-hydroxylation sites is 3. The van der Waals surface area contributed by atoms with Crippen molar-refractivity contribution in [3.8, 4) is 0 Å². The molecule has 0 spiro atoms. The van der Waals surface area contributed by atoms with E-state index >= 15 is 0 Å². The zero-order chi connectivity index (χ0) is 64.9. The number of carbonyl (C=O) groups excluding carboxylic acids is 3. The summed E-state index contributed by atoms with van der Waals surface area (Å²) in [5.41, 5.74) is 5.74. The number of benzene rings is 6. The molecule has 92 heavy (non-hydrogen) atoms. The van der Waals surface area contributed by atoms with Gasteiger partial charge in [0.25, 0.3) is 0 Å². The average molecular weight is 1360 g/mol. The van der Waals surface area contributed by atoms with E-state index in [1.807, 2.05) is 104 Å². The molecule has 3 aliphatic rings. The van der Waals surface area contributed by atoms with E-state index in [0.717, 1.165) is 152 Å². The lowest BCUT2D eigenvalue weighted by atomic mass is 10.1. The van der Waals surface area contributed by atoms with Crippen LogP contribution in [0.15, 0.2) is 179 Å². The summed E-state index contributed by atoms with van der Waals surface area (Å²) in [7, 11) is -6.64. The highest BCUT2D eigenvalue weighted by molar-refractivity contribution is 8.00. The number of nitrogens with zero attached hydrogens (tertiary/aromatic N) is 6. The first-order chi connectivity index (χ1) is 44.4. The van der Waals surface area contributed by atoms with Gasteiger partial charge in [0.1, 0.15) is 0 Å². The SMILES string of the molecule is CC(=O)c1cn(CCCN2CCC(S(=O)(=O)c3ccc(Cl)cc3)CC2)c2ccccc12.CC(=O)c1cn(CCCN2CCC(Sc3ccc(Cl)cc3)CC2)c2ccccc12.CCC(=O)c1cn(CCCN2CCC(S(=O)(=O)c3ccc(Cl)cc3)CC2)c2ccccc12. The third-order valence-electron chi connectivity index (χ3n) is 18.2. The van der Waals surface area contributed by atoms with E-state index in [9.17, 15) is 31.2 Å². The molecule has 9 aromatic rings. The quantitative estimate of drug-likeness (QED) is 0.0598. The van der Waals surface area contributed by atoms with Crippen LogP contribution in [0.5, 0.6) is 0 Å². The van der Waals surface area contributed by atoms with E-state index in [1.54, 1.807) is 62.4 Å². The van der Waals surface area contributed by atoms with Crippen molar-refractivity contribution in [1.29, 1.82) is 0 Å². The zero-order valence-corrected chi connectivity index (χ0v) is 57.5. The minimum Gasteiger partial charge on any atom is -0.347 e. The van der Waals surface area contributed by atoms with Gasteiger partial charge < -0.3 is 28.4 Å². The fourth-order valence-electron chi connectivity index (χ4n) is 13.1. The normalized spacial score (nSPS) is 15.9. The minimum absolute atomic E-state index is 0.0823. The van der Waals surface area contributed by atoms with Crippen LogP contribution in [0.1, 0.15) is 116 Å². The summed E-state index contributed by atoms with van der Waals surface area (Å²) < 4.78 is 58.2. The molecule has 0 saturated carbocycles. The topological polar surface area (TPSA) is 144 Å². The largest absolute Gasteiger partial charge is 0.347 e. The van der Waals surface area contributed by atoms with Gasteiger partial charge in [0.2, 0.25) is 0 Å². The van der Waals surface area contributed by atoms with E-state index in [0.29, 0.717) is 57.2 Å². The van der Waals surface area contributed by atoms with Gasteiger partial charge in [0.15, 0.2) is 37.0 Å². The van der Waals surface area contributed by atoms with Crippen molar-refractivity contribution in [2.75, 3.05) is 58.9 Å². The first kappa shape index (κ1) is 68.8. The van der Waals surface area contributed by atoms with Crippen molar-refractivity contribution >= 4 is 116 Å². The molecule has 0 N–H and O–H groups in total. The van der Waals surface area contributed by atoms with Crippen molar-refractivity contribution in [3.05, 3.63) is 196 Å². The van der Waals surface area contributed by atoms with Gasteiger partial charge in [0, 0.05) is 119 Å². The molecular formula is C73H83Cl3N6O7S3. The number of sulfone groups is 2. The highest BCUT2D eigenvalue weighted by Gasteiger charge is 2.33. The van der Waals surface area contributed by atoms with Gasteiger partial charge in [-0.25, -0.2) is 16.8 Å². The van der Waals surface area contributed by atoms with Gasteiger partial charge in [-0.3, -0.25) is 14.4 Å². The Kier molecular flexibility index (Phi) is 23.9. The van der Waals surface area contributed by atoms with E-state index in [1.165, 1.54) is 17.7 Å². The molecule has 13 nitrogen and oxygen atoms in total. The minimum atomic E-state index is -3.32. The van der Waals surface area contributed by atoms with Crippen LogP contribution in [0.3, 0.4) is 0 Å². The van der Waals surface area contributed by atoms with Crippen LogP contribution >= 0.6 is 46.6 Å². The Morgan fingerprint density at radius 3 is 1.09 bits per heavy atom. The molecule has 6 heterocycles. The number of ketones is 3. The first-order valence-corrected chi connectivity index (χ1v) is 37.3. The second-order valence-corrected chi connectivity index (χ2v) is 31.5. The highest BCUT2D eigenvalue weighted by atomic mass is 35.5. The van der Waals surface area contributed by atoms with E-state index < -0.39 is 19.7 Å². The fraction of sp³-hybridized carbons (Fsp3) is 0.384. The monoisotopic (exact) mass is 1360 g/mol. The predicted molar refractivity (Wildman–Crippen MR) is 377 cm³/mol. The summed E-state index contributed by atoms with van der Waals surface area (Å²) in [5, 5.41) is 5.00. The van der Waals surface area contributed by atoms with Crippen molar-refractivity contribution in [1.82, 2.24) is 28.4 Å². The van der Waals surface area contributed by atoms with Crippen molar-refractivity contribution in [2.45, 2.75) is 135 Å². The maximum absolute atomic E-state index is 12.9. The van der Waals surface area contributed by atoms with Gasteiger partial charge in [0.05, 0.1) is 20.3 Å².